The molecule has 0 radical (unpaired) electrons. The molecule has 0 unspecified atom stereocenters. The van der Waals surface area contributed by atoms with Gasteiger partial charge in [-0.3, -0.25) is 4.79 Å². The molecule has 0 fully saturated rings. The fourth-order valence-corrected chi connectivity index (χ4v) is 3.61. The second kappa shape index (κ2) is 11.9. The highest BCUT2D eigenvalue weighted by Gasteiger charge is 2.07. The third kappa shape index (κ3) is 7.43. The second-order valence-corrected chi connectivity index (χ2v) is 7.66. The maximum absolute atomic E-state index is 10.8. The average molecular weight is 406 g/mol. The molecule has 0 aliphatic carbocycles. The number of aromatic nitrogens is 1. The van der Waals surface area contributed by atoms with E-state index in [0.717, 1.165) is 43.7 Å². The van der Waals surface area contributed by atoms with E-state index in [2.05, 4.69) is 47.4 Å². The lowest BCUT2D eigenvalue weighted by Gasteiger charge is -2.08. The summed E-state index contributed by atoms with van der Waals surface area (Å²) in [5, 5.41) is 8.86. The van der Waals surface area contributed by atoms with Crippen LogP contribution in [0.2, 0.25) is 0 Å². The highest BCUT2D eigenvalue weighted by atomic mass is 16.5. The lowest BCUT2D eigenvalue weighted by molar-refractivity contribution is -0.136. The van der Waals surface area contributed by atoms with E-state index in [4.69, 9.17) is 9.84 Å². The summed E-state index contributed by atoms with van der Waals surface area (Å²) in [6.45, 7) is 0.754. The Morgan fingerprint density at radius 1 is 0.800 bits per heavy atom. The Kier molecular flexibility index (Phi) is 8.58. The Morgan fingerprint density at radius 2 is 1.57 bits per heavy atom. The minimum absolute atomic E-state index is 0.159. The summed E-state index contributed by atoms with van der Waals surface area (Å²) in [4.78, 5) is 13.9. The molecule has 4 nitrogen and oxygen atoms in total. The van der Waals surface area contributed by atoms with Gasteiger partial charge >= 0.3 is 5.97 Å². The number of hydrogen-bond acceptors (Lipinski definition) is 2. The van der Waals surface area contributed by atoms with E-state index in [1.807, 2.05) is 24.4 Å². The fourth-order valence-electron chi connectivity index (χ4n) is 3.61. The molecule has 0 atom stereocenters. The van der Waals surface area contributed by atoms with Gasteiger partial charge in [0.05, 0.1) is 13.0 Å². The SMILES string of the molecule is O=C(O)CCc1[nH]ccc1CCc1ccc(OCCCCCc2ccccc2)cc1. The van der Waals surface area contributed by atoms with Gasteiger partial charge in [-0.05, 0) is 79.8 Å². The van der Waals surface area contributed by atoms with Crippen molar-refractivity contribution in [1.29, 1.82) is 0 Å². The van der Waals surface area contributed by atoms with Crippen LogP contribution in [0.1, 0.15) is 48.1 Å². The van der Waals surface area contributed by atoms with Gasteiger partial charge in [-0.15, -0.1) is 0 Å². The maximum Gasteiger partial charge on any atom is 0.303 e. The average Bonchev–Trinajstić information content (AvgIpc) is 3.22. The first kappa shape index (κ1) is 21.7. The number of aryl methyl sites for hydroxylation is 4. The number of unbranched alkanes of at least 4 members (excludes halogenated alkanes) is 2. The first-order chi connectivity index (χ1) is 14.7. The van der Waals surface area contributed by atoms with Crippen molar-refractivity contribution in [3.63, 3.8) is 0 Å². The molecular weight excluding hydrogens is 374 g/mol. The summed E-state index contributed by atoms with van der Waals surface area (Å²) in [7, 11) is 0. The van der Waals surface area contributed by atoms with E-state index in [1.54, 1.807) is 0 Å². The first-order valence-electron chi connectivity index (χ1n) is 10.8. The topological polar surface area (TPSA) is 62.3 Å². The van der Waals surface area contributed by atoms with Crippen molar-refractivity contribution >= 4 is 5.97 Å². The summed E-state index contributed by atoms with van der Waals surface area (Å²) >= 11 is 0. The molecule has 1 heterocycles. The molecule has 0 aliphatic rings. The van der Waals surface area contributed by atoms with Crippen LogP contribution in [0.5, 0.6) is 5.75 Å². The van der Waals surface area contributed by atoms with Gasteiger partial charge in [0.1, 0.15) is 5.75 Å². The zero-order chi connectivity index (χ0) is 21.0. The van der Waals surface area contributed by atoms with Crippen molar-refractivity contribution in [2.24, 2.45) is 0 Å². The van der Waals surface area contributed by atoms with E-state index in [9.17, 15) is 4.79 Å². The minimum Gasteiger partial charge on any atom is -0.494 e. The normalized spacial score (nSPS) is 10.8. The van der Waals surface area contributed by atoms with Crippen molar-refractivity contribution in [1.82, 2.24) is 4.98 Å². The number of aromatic amines is 1. The van der Waals surface area contributed by atoms with E-state index < -0.39 is 5.97 Å². The number of hydrogen-bond donors (Lipinski definition) is 2. The molecule has 0 aliphatic heterocycles. The predicted molar refractivity (Wildman–Crippen MR) is 120 cm³/mol. The molecule has 3 aromatic rings. The number of benzene rings is 2. The number of ether oxygens (including phenoxy) is 1. The van der Waals surface area contributed by atoms with Crippen molar-refractivity contribution in [2.45, 2.75) is 51.4 Å². The lowest BCUT2D eigenvalue weighted by atomic mass is 10.0. The number of carboxylic acid groups (broad SMARTS) is 1. The number of aliphatic carboxylic acids is 1. The third-order valence-corrected chi connectivity index (χ3v) is 5.35. The van der Waals surface area contributed by atoms with Gasteiger partial charge in [0.2, 0.25) is 0 Å². The van der Waals surface area contributed by atoms with Crippen LogP contribution in [0, 0.1) is 0 Å². The van der Waals surface area contributed by atoms with Gasteiger partial charge in [-0.1, -0.05) is 42.5 Å². The van der Waals surface area contributed by atoms with Crippen LogP contribution in [0.25, 0.3) is 0 Å². The molecule has 0 spiro atoms. The van der Waals surface area contributed by atoms with Gasteiger partial charge in [-0.25, -0.2) is 0 Å². The van der Waals surface area contributed by atoms with Crippen molar-refractivity contribution in [3.8, 4) is 5.75 Å². The molecule has 0 amide bonds. The van der Waals surface area contributed by atoms with Crippen molar-refractivity contribution in [2.75, 3.05) is 6.61 Å². The van der Waals surface area contributed by atoms with Crippen LogP contribution < -0.4 is 4.74 Å². The maximum atomic E-state index is 10.8. The second-order valence-electron chi connectivity index (χ2n) is 7.66. The smallest absolute Gasteiger partial charge is 0.303 e. The van der Waals surface area contributed by atoms with E-state index >= 15 is 0 Å². The molecular formula is C26H31NO3. The van der Waals surface area contributed by atoms with Gasteiger partial charge in [-0.2, -0.15) is 0 Å². The van der Waals surface area contributed by atoms with Crippen LogP contribution in [0.4, 0.5) is 0 Å². The molecule has 0 bridgehead atoms. The zero-order valence-electron chi connectivity index (χ0n) is 17.5. The van der Waals surface area contributed by atoms with E-state index in [1.165, 1.54) is 29.5 Å². The molecule has 158 valence electrons. The van der Waals surface area contributed by atoms with E-state index in [-0.39, 0.29) is 6.42 Å². The van der Waals surface area contributed by atoms with Crippen LogP contribution >= 0.6 is 0 Å². The Balaban J connectivity index is 1.33. The number of rotatable bonds is 13. The number of H-pyrrole nitrogens is 1. The highest BCUT2D eigenvalue weighted by Crippen LogP contribution is 2.17. The van der Waals surface area contributed by atoms with Crippen LogP contribution in [0.15, 0.2) is 66.9 Å². The monoisotopic (exact) mass is 405 g/mol. The zero-order valence-corrected chi connectivity index (χ0v) is 17.5. The lowest BCUT2D eigenvalue weighted by Crippen LogP contribution is -2.01. The summed E-state index contributed by atoms with van der Waals surface area (Å²) in [6, 6.07) is 21.0. The summed E-state index contributed by atoms with van der Waals surface area (Å²) in [5.41, 5.74) is 4.90. The quantitative estimate of drug-likeness (QED) is 0.363. The largest absolute Gasteiger partial charge is 0.494 e. The molecule has 4 heteroatoms. The van der Waals surface area contributed by atoms with Gasteiger partial charge < -0.3 is 14.8 Å². The molecule has 30 heavy (non-hydrogen) atoms. The van der Waals surface area contributed by atoms with Gasteiger partial charge in [0.25, 0.3) is 0 Å². The van der Waals surface area contributed by atoms with Crippen LogP contribution in [-0.2, 0) is 30.5 Å². The Morgan fingerprint density at radius 3 is 2.33 bits per heavy atom. The van der Waals surface area contributed by atoms with Crippen molar-refractivity contribution in [3.05, 3.63) is 89.2 Å². The standard InChI is InChI=1S/C26H31NO3/c28-26(29)17-16-25-23(18-19-27-25)13-10-22-11-14-24(15-12-22)30-20-6-2-5-9-21-7-3-1-4-8-21/h1,3-4,7-8,11-12,14-15,18-19,27H,2,5-6,9-10,13,16-17,20H2,(H,28,29). The van der Waals surface area contributed by atoms with E-state index in [0.29, 0.717) is 6.42 Å². The summed E-state index contributed by atoms with van der Waals surface area (Å²) < 4.78 is 5.88. The predicted octanol–water partition coefficient (Wildman–Crippen LogP) is 5.61. The molecule has 2 aromatic carbocycles. The van der Waals surface area contributed by atoms with Gasteiger partial charge in [0.15, 0.2) is 0 Å². The number of carboxylic acids is 1. The Hall–Kier alpha value is -3.01. The summed E-state index contributed by atoms with van der Waals surface area (Å²) in [5.74, 6) is 0.160. The van der Waals surface area contributed by atoms with Crippen LogP contribution in [-0.4, -0.2) is 22.7 Å². The Labute approximate surface area is 178 Å². The fraction of sp³-hybridized carbons (Fsp3) is 0.346. The molecule has 2 N–H and O–H groups in total. The van der Waals surface area contributed by atoms with Crippen LogP contribution in [0.3, 0.4) is 0 Å². The molecule has 3 rings (SSSR count). The van der Waals surface area contributed by atoms with Crippen molar-refractivity contribution < 1.29 is 14.6 Å². The number of nitrogens with one attached hydrogen (secondary N) is 1. The first-order valence-corrected chi connectivity index (χ1v) is 10.8. The molecule has 0 saturated heterocycles. The molecule has 0 saturated carbocycles. The summed E-state index contributed by atoms with van der Waals surface area (Å²) in [6.07, 6.45) is 9.01. The number of carbonyl (C=O) groups is 1. The third-order valence-electron chi connectivity index (χ3n) is 5.35. The molecule has 1 aromatic heterocycles. The Bertz CT molecular complexity index is 884. The highest BCUT2D eigenvalue weighted by molar-refractivity contribution is 5.67. The minimum atomic E-state index is -0.762. The van der Waals surface area contributed by atoms with Gasteiger partial charge in [0, 0.05) is 11.9 Å².